The highest BCUT2D eigenvalue weighted by atomic mass is 19.4. The molecule has 3 nitrogen and oxygen atoms in total. The summed E-state index contributed by atoms with van der Waals surface area (Å²) in [6, 6.07) is 3.84. The molecule has 0 fully saturated rings. The maximum Gasteiger partial charge on any atom is 0.416 e. The Morgan fingerprint density at radius 1 is 1.41 bits per heavy atom. The molecule has 0 unspecified atom stereocenters. The molecule has 6 heteroatoms. The number of azide groups is 1. The van der Waals surface area contributed by atoms with E-state index >= 15 is 0 Å². The van der Waals surface area contributed by atoms with Crippen molar-refractivity contribution in [1.82, 2.24) is 0 Å². The molecule has 88 valence electrons. The Morgan fingerprint density at radius 2 is 2.12 bits per heavy atom. The van der Waals surface area contributed by atoms with Crippen LogP contribution in [0.15, 0.2) is 23.3 Å². The molecule has 17 heavy (non-hydrogen) atoms. The molecule has 0 saturated carbocycles. The molecule has 0 aromatic heterocycles. The molecule has 0 bridgehead atoms. The molecule has 0 heterocycles. The van der Waals surface area contributed by atoms with Crippen LogP contribution in [0.25, 0.3) is 10.4 Å². The van der Waals surface area contributed by atoms with Gasteiger partial charge in [-0.15, -0.1) is 0 Å². The van der Waals surface area contributed by atoms with E-state index in [1.807, 2.05) is 0 Å². The highest BCUT2D eigenvalue weighted by Gasteiger charge is 2.32. The second kappa shape index (κ2) is 5.28. The molecule has 0 aliphatic carbocycles. The smallest absolute Gasteiger partial charge is 0.166 e. The molecule has 1 rings (SSSR count). The molecule has 1 aromatic rings. The first-order valence-corrected chi connectivity index (χ1v) is 4.62. The molecule has 0 N–H and O–H groups in total. The van der Waals surface area contributed by atoms with Gasteiger partial charge in [-0.3, -0.25) is 0 Å². The van der Waals surface area contributed by atoms with Crippen molar-refractivity contribution in [1.29, 1.82) is 0 Å². The van der Waals surface area contributed by atoms with Crippen LogP contribution in [0.3, 0.4) is 0 Å². The number of alkyl halides is 3. The van der Waals surface area contributed by atoms with Gasteiger partial charge in [0.25, 0.3) is 0 Å². The molecule has 0 atom stereocenters. The predicted octanol–water partition coefficient (Wildman–Crippen LogP) is 3.68. The quantitative estimate of drug-likeness (QED) is 0.310. The van der Waals surface area contributed by atoms with Gasteiger partial charge in [0, 0.05) is 10.5 Å². The fraction of sp³-hybridized carbons (Fsp3) is 0.273. The summed E-state index contributed by atoms with van der Waals surface area (Å²) in [7, 11) is 0. The number of nitrogens with zero attached hydrogens (tertiary/aromatic N) is 3. The van der Waals surface area contributed by atoms with Crippen LogP contribution in [0.4, 0.5) is 13.2 Å². The molecule has 0 aliphatic rings. The van der Waals surface area contributed by atoms with Gasteiger partial charge in [-0.2, -0.15) is 13.2 Å². The van der Waals surface area contributed by atoms with E-state index in [-0.39, 0.29) is 17.7 Å². The third-order valence-electron chi connectivity index (χ3n) is 1.99. The Balaban J connectivity index is 3.03. The summed E-state index contributed by atoms with van der Waals surface area (Å²) in [5, 5.41) is 3.16. The summed E-state index contributed by atoms with van der Waals surface area (Å²) < 4.78 is 37.7. The van der Waals surface area contributed by atoms with Crippen LogP contribution in [0.1, 0.15) is 16.7 Å². The summed E-state index contributed by atoms with van der Waals surface area (Å²) >= 11 is 0. The lowest BCUT2D eigenvalue weighted by Crippen LogP contribution is -2.07. The highest BCUT2D eigenvalue weighted by molar-refractivity contribution is 5.41. The maximum atomic E-state index is 12.6. The van der Waals surface area contributed by atoms with Gasteiger partial charge in [0.15, 0.2) is 0 Å². The number of benzene rings is 1. The first kappa shape index (κ1) is 12.9. The monoisotopic (exact) mass is 239 g/mol. The SMILES string of the molecule is Cc1ccc(C#CCN=[N+]=[N-])cc1C(F)(F)F. The highest BCUT2D eigenvalue weighted by Crippen LogP contribution is 2.32. The zero-order chi connectivity index (χ0) is 12.9. The zero-order valence-electron chi connectivity index (χ0n) is 8.91. The van der Waals surface area contributed by atoms with E-state index in [2.05, 4.69) is 21.9 Å². The van der Waals surface area contributed by atoms with Crippen LogP contribution < -0.4 is 0 Å². The fourth-order valence-electron chi connectivity index (χ4n) is 1.21. The summed E-state index contributed by atoms with van der Waals surface area (Å²) in [4.78, 5) is 2.48. The lowest BCUT2D eigenvalue weighted by Gasteiger charge is -2.09. The summed E-state index contributed by atoms with van der Waals surface area (Å²) in [6.45, 7) is 1.33. The number of halogens is 3. The van der Waals surface area contributed by atoms with Crippen LogP contribution in [0.2, 0.25) is 0 Å². The average Bonchev–Trinajstić information content (AvgIpc) is 2.25. The lowest BCUT2D eigenvalue weighted by molar-refractivity contribution is -0.138. The van der Waals surface area contributed by atoms with Crippen molar-refractivity contribution in [3.05, 3.63) is 45.3 Å². The first-order valence-electron chi connectivity index (χ1n) is 4.62. The third kappa shape index (κ3) is 3.74. The van der Waals surface area contributed by atoms with Gasteiger partial charge < -0.3 is 0 Å². The van der Waals surface area contributed by atoms with E-state index in [9.17, 15) is 13.2 Å². The number of aryl methyl sites for hydroxylation is 1. The standard InChI is InChI=1S/C11H8F3N3/c1-8-4-5-9(3-2-6-16-17-15)7-10(8)11(12,13)14/h4-5,7H,6H2,1H3. The van der Waals surface area contributed by atoms with Crippen LogP contribution in [-0.4, -0.2) is 6.54 Å². The number of hydrogen-bond acceptors (Lipinski definition) is 1. The van der Waals surface area contributed by atoms with E-state index in [4.69, 9.17) is 5.53 Å². The van der Waals surface area contributed by atoms with Gasteiger partial charge in [0.05, 0.1) is 12.1 Å². The topological polar surface area (TPSA) is 48.8 Å². The Morgan fingerprint density at radius 3 is 2.71 bits per heavy atom. The fourth-order valence-corrected chi connectivity index (χ4v) is 1.21. The summed E-state index contributed by atoms with van der Waals surface area (Å²) in [6.07, 6.45) is -4.38. The van der Waals surface area contributed by atoms with Crippen LogP contribution in [-0.2, 0) is 6.18 Å². The van der Waals surface area contributed by atoms with Crippen LogP contribution in [0, 0.1) is 18.8 Å². The van der Waals surface area contributed by atoms with Crippen molar-refractivity contribution in [3.63, 3.8) is 0 Å². The second-order valence-corrected chi connectivity index (χ2v) is 3.22. The minimum atomic E-state index is -4.38. The van der Waals surface area contributed by atoms with E-state index in [1.165, 1.54) is 19.1 Å². The van der Waals surface area contributed by atoms with Crippen molar-refractivity contribution >= 4 is 0 Å². The van der Waals surface area contributed by atoms with E-state index in [0.29, 0.717) is 0 Å². The van der Waals surface area contributed by atoms with Crippen molar-refractivity contribution < 1.29 is 13.2 Å². The maximum absolute atomic E-state index is 12.6. The zero-order valence-corrected chi connectivity index (χ0v) is 8.91. The van der Waals surface area contributed by atoms with Crippen molar-refractivity contribution in [2.75, 3.05) is 6.54 Å². The first-order chi connectivity index (χ1) is 7.95. The Kier molecular flexibility index (Phi) is 4.02. The van der Waals surface area contributed by atoms with Gasteiger partial charge >= 0.3 is 6.18 Å². The van der Waals surface area contributed by atoms with Crippen molar-refractivity contribution in [3.8, 4) is 11.8 Å². The van der Waals surface area contributed by atoms with Crippen molar-refractivity contribution in [2.45, 2.75) is 13.1 Å². The van der Waals surface area contributed by atoms with Crippen LogP contribution in [0.5, 0.6) is 0 Å². The van der Waals surface area contributed by atoms with Gasteiger partial charge in [-0.05, 0) is 30.2 Å². The molecule has 0 radical (unpaired) electrons. The number of rotatable bonds is 1. The third-order valence-corrected chi connectivity index (χ3v) is 1.99. The minimum Gasteiger partial charge on any atom is -0.166 e. The van der Waals surface area contributed by atoms with Crippen molar-refractivity contribution in [2.24, 2.45) is 5.11 Å². The normalized spacial score (nSPS) is 10.1. The second-order valence-electron chi connectivity index (χ2n) is 3.22. The van der Waals surface area contributed by atoms with E-state index in [1.54, 1.807) is 0 Å². The molecule has 0 aliphatic heterocycles. The Hall–Kier alpha value is -2.12. The molecular weight excluding hydrogens is 231 g/mol. The van der Waals surface area contributed by atoms with Gasteiger partial charge in [-0.1, -0.05) is 23.0 Å². The molecule has 1 aromatic carbocycles. The van der Waals surface area contributed by atoms with E-state index < -0.39 is 11.7 Å². The summed E-state index contributed by atoms with van der Waals surface area (Å²) in [5.74, 6) is 4.97. The Labute approximate surface area is 95.9 Å². The molecule has 0 amide bonds. The van der Waals surface area contributed by atoms with Gasteiger partial charge in [0.1, 0.15) is 0 Å². The molecule has 0 spiro atoms. The van der Waals surface area contributed by atoms with Gasteiger partial charge in [0.2, 0.25) is 0 Å². The van der Waals surface area contributed by atoms with Crippen LogP contribution >= 0.6 is 0 Å². The average molecular weight is 239 g/mol. The predicted molar refractivity (Wildman–Crippen MR) is 57.1 cm³/mol. The Bertz CT molecular complexity index is 517. The molecule has 0 saturated heterocycles. The minimum absolute atomic E-state index is 0.0638. The van der Waals surface area contributed by atoms with Gasteiger partial charge in [-0.25, -0.2) is 0 Å². The molecular formula is C11H8F3N3. The number of hydrogen-bond donors (Lipinski definition) is 0. The largest absolute Gasteiger partial charge is 0.416 e. The van der Waals surface area contributed by atoms with E-state index in [0.717, 1.165) is 6.07 Å². The lowest BCUT2D eigenvalue weighted by atomic mass is 10.0. The summed E-state index contributed by atoms with van der Waals surface area (Å²) in [5.41, 5.74) is 7.69.